The Labute approximate surface area is 88.7 Å². The van der Waals surface area contributed by atoms with Gasteiger partial charge in [-0.2, -0.15) is 0 Å². The van der Waals surface area contributed by atoms with Crippen LogP contribution in [0.2, 0.25) is 0 Å². The summed E-state index contributed by atoms with van der Waals surface area (Å²) in [5.74, 6) is 0.289. The highest BCUT2D eigenvalue weighted by atomic mass is 19.1. The zero-order valence-electron chi connectivity index (χ0n) is 8.83. The number of alkyl halides is 1. The van der Waals surface area contributed by atoms with Gasteiger partial charge in [-0.25, -0.2) is 9.37 Å². The minimum atomic E-state index is -1.37. The zero-order chi connectivity index (χ0) is 11.1. The number of anilines is 1. The number of hydrogen-bond acceptors (Lipinski definition) is 3. The van der Waals surface area contributed by atoms with E-state index in [2.05, 4.69) is 4.98 Å². The van der Waals surface area contributed by atoms with Crippen molar-refractivity contribution >= 4 is 5.82 Å². The van der Waals surface area contributed by atoms with Gasteiger partial charge in [-0.1, -0.05) is 0 Å². The molecule has 4 heteroatoms. The first kappa shape index (κ1) is 10.4. The highest BCUT2D eigenvalue weighted by molar-refractivity contribution is 5.45. The molecule has 2 rings (SSSR count). The monoisotopic (exact) mass is 209 g/mol. The third-order valence-corrected chi connectivity index (χ3v) is 3.04. The number of nitrogens with two attached hydrogens (primary N) is 2. The molecule has 0 aliphatic heterocycles. The lowest BCUT2D eigenvalue weighted by Gasteiger charge is -2.21. The molecular formula is C11H16FN3. The molecule has 0 bridgehead atoms. The van der Waals surface area contributed by atoms with E-state index in [-0.39, 0.29) is 11.9 Å². The number of hydrogen-bond donors (Lipinski definition) is 2. The Morgan fingerprint density at radius 2 is 2.33 bits per heavy atom. The van der Waals surface area contributed by atoms with Crippen molar-refractivity contribution in [3.8, 4) is 0 Å². The molecule has 1 aromatic rings. The Kier molecular flexibility index (Phi) is 2.38. The quantitative estimate of drug-likeness (QED) is 0.739. The van der Waals surface area contributed by atoms with E-state index in [9.17, 15) is 4.39 Å². The molecule has 1 aromatic heterocycles. The van der Waals surface area contributed by atoms with Crippen LogP contribution in [-0.4, -0.2) is 11.0 Å². The van der Waals surface area contributed by atoms with Gasteiger partial charge in [0, 0.05) is 24.2 Å². The lowest BCUT2D eigenvalue weighted by atomic mass is 9.93. The second-order valence-corrected chi connectivity index (χ2v) is 4.41. The van der Waals surface area contributed by atoms with E-state index in [4.69, 9.17) is 11.5 Å². The summed E-state index contributed by atoms with van der Waals surface area (Å²) in [6.07, 6.45) is 3.16. The number of nitrogen functional groups attached to an aromatic ring is 1. The van der Waals surface area contributed by atoms with Crippen molar-refractivity contribution in [2.75, 3.05) is 5.73 Å². The van der Waals surface area contributed by atoms with Crippen molar-refractivity contribution in [3.63, 3.8) is 0 Å². The van der Waals surface area contributed by atoms with Crippen LogP contribution >= 0.6 is 0 Å². The molecule has 0 amide bonds. The number of pyridine rings is 1. The average molecular weight is 209 g/mol. The Morgan fingerprint density at radius 1 is 1.60 bits per heavy atom. The number of halogens is 1. The SMILES string of the molecule is Cc1cnc(N)c(C2(F)CCC(N)C2)c1. The average Bonchev–Trinajstić information content (AvgIpc) is 2.52. The molecule has 2 atom stereocenters. The summed E-state index contributed by atoms with van der Waals surface area (Å²) in [5.41, 5.74) is 11.5. The fraction of sp³-hybridized carbons (Fsp3) is 0.545. The van der Waals surface area contributed by atoms with Crippen molar-refractivity contribution < 1.29 is 4.39 Å². The van der Waals surface area contributed by atoms with Crippen LogP contribution in [0.3, 0.4) is 0 Å². The molecule has 82 valence electrons. The number of aryl methyl sites for hydroxylation is 1. The van der Waals surface area contributed by atoms with E-state index in [0.717, 1.165) is 5.56 Å². The minimum Gasteiger partial charge on any atom is -0.383 e. The van der Waals surface area contributed by atoms with Crippen molar-refractivity contribution in [1.82, 2.24) is 4.98 Å². The first-order valence-corrected chi connectivity index (χ1v) is 5.18. The molecule has 1 aliphatic rings. The van der Waals surface area contributed by atoms with Gasteiger partial charge in [0.15, 0.2) is 0 Å². The van der Waals surface area contributed by atoms with Crippen molar-refractivity contribution in [3.05, 3.63) is 23.4 Å². The van der Waals surface area contributed by atoms with Crippen LogP contribution in [-0.2, 0) is 5.67 Å². The molecule has 0 saturated heterocycles. The molecule has 0 radical (unpaired) electrons. The summed E-state index contributed by atoms with van der Waals surface area (Å²) in [7, 11) is 0. The number of rotatable bonds is 1. The van der Waals surface area contributed by atoms with Gasteiger partial charge in [0.05, 0.1) is 0 Å². The maximum absolute atomic E-state index is 14.5. The largest absolute Gasteiger partial charge is 0.383 e. The van der Waals surface area contributed by atoms with E-state index in [1.54, 1.807) is 12.3 Å². The van der Waals surface area contributed by atoms with Crippen LogP contribution < -0.4 is 11.5 Å². The fourth-order valence-electron chi connectivity index (χ4n) is 2.22. The molecule has 3 nitrogen and oxygen atoms in total. The number of aromatic nitrogens is 1. The van der Waals surface area contributed by atoms with Gasteiger partial charge >= 0.3 is 0 Å². The standard InChI is InChI=1S/C11H16FN3/c1-7-4-9(10(14)15-6-7)11(12)3-2-8(13)5-11/h4,6,8H,2-3,5,13H2,1H3,(H2,14,15). The van der Waals surface area contributed by atoms with E-state index in [1.807, 2.05) is 6.92 Å². The maximum Gasteiger partial charge on any atom is 0.141 e. The van der Waals surface area contributed by atoms with Crippen LogP contribution in [0.4, 0.5) is 10.2 Å². The van der Waals surface area contributed by atoms with E-state index < -0.39 is 5.67 Å². The van der Waals surface area contributed by atoms with Crippen molar-refractivity contribution in [2.45, 2.75) is 37.9 Å². The van der Waals surface area contributed by atoms with Crippen LogP contribution in [0.15, 0.2) is 12.3 Å². The molecule has 15 heavy (non-hydrogen) atoms. The maximum atomic E-state index is 14.5. The van der Waals surface area contributed by atoms with Gasteiger partial charge in [-0.15, -0.1) is 0 Å². The van der Waals surface area contributed by atoms with E-state index >= 15 is 0 Å². The second-order valence-electron chi connectivity index (χ2n) is 4.41. The lowest BCUT2D eigenvalue weighted by molar-refractivity contribution is 0.173. The van der Waals surface area contributed by atoms with Gasteiger partial charge in [0.2, 0.25) is 0 Å². The molecule has 0 aromatic carbocycles. The van der Waals surface area contributed by atoms with Crippen LogP contribution in [0.25, 0.3) is 0 Å². The molecule has 2 unspecified atom stereocenters. The molecule has 0 spiro atoms. The molecule has 4 N–H and O–H groups in total. The summed E-state index contributed by atoms with van der Waals surface area (Å²) in [4.78, 5) is 3.99. The summed E-state index contributed by atoms with van der Waals surface area (Å²) < 4.78 is 14.5. The van der Waals surface area contributed by atoms with Gasteiger partial charge in [-0.05, 0) is 31.4 Å². The Balaban J connectivity index is 2.40. The minimum absolute atomic E-state index is 0.0603. The first-order valence-electron chi connectivity index (χ1n) is 5.18. The molecule has 1 saturated carbocycles. The van der Waals surface area contributed by atoms with Gasteiger partial charge < -0.3 is 11.5 Å². The third kappa shape index (κ3) is 1.81. The second kappa shape index (κ2) is 3.45. The van der Waals surface area contributed by atoms with Gasteiger partial charge in [0.25, 0.3) is 0 Å². The highest BCUT2D eigenvalue weighted by Gasteiger charge is 2.41. The van der Waals surface area contributed by atoms with E-state index in [0.29, 0.717) is 24.8 Å². The van der Waals surface area contributed by atoms with Crippen molar-refractivity contribution in [1.29, 1.82) is 0 Å². The van der Waals surface area contributed by atoms with Crippen LogP contribution in [0, 0.1) is 6.92 Å². The Hall–Kier alpha value is -1.16. The molecule has 1 heterocycles. The predicted octanol–water partition coefficient (Wildman–Crippen LogP) is 1.65. The molecular weight excluding hydrogens is 193 g/mol. The first-order chi connectivity index (χ1) is 7.01. The van der Waals surface area contributed by atoms with Crippen LogP contribution in [0.5, 0.6) is 0 Å². The summed E-state index contributed by atoms with van der Waals surface area (Å²) in [6.45, 7) is 1.88. The van der Waals surface area contributed by atoms with Gasteiger partial charge in [-0.3, -0.25) is 0 Å². The third-order valence-electron chi connectivity index (χ3n) is 3.04. The Morgan fingerprint density at radius 3 is 2.93 bits per heavy atom. The highest BCUT2D eigenvalue weighted by Crippen LogP contribution is 2.43. The topological polar surface area (TPSA) is 64.9 Å². The molecule has 1 fully saturated rings. The summed E-state index contributed by atoms with van der Waals surface area (Å²) >= 11 is 0. The zero-order valence-corrected chi connectivity index (χ0v) is 8.83. The fourth-order valence-corrected chi connectivity index (χ4v) is 2.22. The smallest absolute Gasteiger partial charge is 0.141 e. The molecule has 1 aliphatic carbocycles. The Bertz CT molecular complexity index is 380. The van der Waals surface area contributed by atoms with Crippen molar-refractivity contribution in [2.24, 2.45) is 5.73 Å². The lowest BCUT2D eigenvalue weighted by Crippen LogP contribution is -2.23. The van der Waals surface area contributed by atoms with Crippen LogP contribution in [0.1, 0.15) is 30.4 Å². The van der Waals surface area contributed by atoms with Gasteiger partial charge in [0.1, 0.15) is 11.5 Å². The summed E-state index contributed by atoms with van der Waals surface area (Å²) in [5, 5.41) is 0. The number of nitrogens with zero attached hydrogens (tertiary/aromatic N) is 1. The predicted molar refractivity (Wildman–Crippen MR) is 58.0 cm³/mol. The summed E-state index contributed by atoms with van der Waals surface area (Å²) in [6, 6.07) is 1.72. The van der Waals surface area contributed by atoms with E-state index in [1.165, 1.54) is 0 Å². The normalized spacial score (nSPS) is 30.7.